The van der Waals surface area contributed by atoms with E-state index in [0.29, 0.717) is 5.75 Å². The SMILES string of the molecule is CCc1cc(O)c(CC)c2c1CCCC2. The molecule has 0 aliphatic heterocycles. The average molecular weight is 204 g/mol. The van der Waals surface area contributed by atoms with E-state index in [4.69, 9.17) is 0 Å². The first-order valence-corrected chi connectivity index (χ1v) is 6.13. The van der Waals surface area contributed by atoms with Crippen LogP contribution < -0.4 is 0 Å². The molecule has 0 bridgehead atoms. The first-order valence-electron chi connectivity index (χ1n) is 6.13. The molecule has 0 atom stereocenters. The van der Waals surface area contributed by atoms with Gasteiger partial charge in [0.1, 0.15) is 5.75 Å². The third kappa shape index (κ3) is 1.75. The van der Waals surface area contributed by atoms with E-state index >= 15 is 0 Å². The van der Waals surface area contributed by atoms with E-state index in [2.05, 4.69) is 13.8 Å². The molecule has 0 unspecified atom stereocenters. The van der Waals surface area contributed by atoms with Gasteiger partial charge in [-0.2, -0.15) is 0 Å². The molecule has 0 heterocycles. The predicted molar refractivity (Wildman–Crippen MR) is 63.5 cm³/mol. The minimum Gasteiger partial charge on any atom is -0.508 e. The summed E-state index contributed by atoms with van der Waals surface area (Å²) in [5.74, 6) is 0.523. The van der Waals surface area contributed by atoms with Crippen LogP contribution in [0.3, 0.4) is 0 Å². The summed E-state index contributed by atoms with van der Waals surface area (Å²) < 4.78 is 0. The molecule has 1 aromatic rings. The molecule has 1 aromatic carbocycles. The highest BCUT2D eigenvalue weighted by Gasteiger charge is 2.18. The molecular formula is C14H20O. The Morgan fingerprint density at radius 3 is 2.33 bits per heavy atom. The van der Waals surface area contributed by atoms with Crippen LogP contribution >= 0.6 is 0 Å². The zero-order chi connectivity index (χ0) is 10.8. The van der Waals surface area contributed by atoms with Gasteiger partial charge in [-0.15, -0.1) is 0 Å². The summed E-state index contributed by atoms with van der Waals surface area (Å²) in [6.45, 7) is 4.31. The lowest BCUT2D eigenvalue weighted by Gasteiger charge is -2.23. The lowest BCUT2D eigenvalue weighted by Crippen LogP contribution is -2.09. The lowest BCUT2D eigenvalue weighted by atomic mass is 9.83. The number of hydrogen-bond donors (Lipinski definition) is 1. The largest absolute Gasteiger partial charge is 0.508 e. The molecule has 0 amide bonds. The maximum absolute atomic E-state index is 9.98. The van der Waals surface area contributed by atoms with Crippen LogP contribution in [0.15, 0.2) is 6.07 Å². The van der Waals surface area contributed by atoms with Crippen molar-refractivity contribution in [3.63, 3.8) is 0 Å². The van der Waals surface area contributed by atoms with E-state index < -0.39 is 0 Å². The molecule has 0 saturated carbocycles. The van der Waals surface area contributed by atoms with Crippen molar-refractivity contribution in [2.24, 2.45) is 0 Å². The van der Waals surface area contributed by atoms with Crippen molar-refractivity contribution in [1.29, 1.82) is 0 Å². The Balaban J connectivity index is 2.60. The van der Waals surface area contributed by atoms with E-state index in [1.807, 2.05) is 6.07 Å². The van der Waals surface area contributed by atoms with Gasteiger partial charge in [0.2, 0.25) is 0 Å². The zero-order valence-electron chi connectivity index (χ0n) is 9.77. The second kappa shape index (κ2) is 4.26. The minimum atomic E-state index is 0.523. The van der Waals surface area contributed by atoms with Gasteiger partial charge in [0.25, 0.3) is 0 Å². The fourth-order valence-electron chi connectivity index (χ4n) is 2.80. The van der Waals surface area contributed by atoms with E-state index in [1.54, 1.807) is 5.56 Å². The number of benzene rings is 1. The molecule has 0 radical (unpaired) electrons. The van der Waals surface area contributed by atoms with Gasteiger partial charge in [0.05, 0.1) is 0 Å². The monoisotopic (exact) mass is 204 g/mol. The molecule has 0 fully saturated rings. The summed E-state index contributed by atoms with van der Waals surface area (Å²) >= 11 is 0. The molecule has 0 aromatic heterocycles. The van der Waals surface area contributed by atoms with Crippen molar-refractivity contribution < 1.29 is 5.11 Å². The van der Waals surface area contributed by atoms with Gasteiger partial charge in [-0.1, -0.05) is 13.8 Å². The third-order valence-electron chi connectivity index (χ3n) is 3.57. The molecule has 15 heavy (non-hydrogen) atoms. The average Bonchev–Trinajstić information content (AvgIpc) is 2.28. The second-order valence-electron chi connectivity index (χ2n) is 4.40. The Morgan fingerprint density at radius 1 is 1.07 bits per heavy atom. The smallest absolute Gasteiger partial charge is 0.119 e. The standard InChI is InChI=1S/C14H20O/c1-3-10-9-14(15)11(4-2)13-8-6-5-7-12(10)13/h9,15H,3-8H2,1-2H3. The summed E-state index contributed by atoms with van der Waals surface area (Å²) in [4.78, 5) is 0. The number of rotatable bonds is 2. The predicted octanol–water partition coefficient (Wildman–Crippen LogP) is 3.40. The molecule has 0 spiro atoms. The Morgan fingerprint density at radius 2 is 1.73 bits per heavy atom. The van der Waals surface area contributed by atoms with Gasteiger partial charge in [0.15, 0.2) is 0 Å². The highest BCUT2D eigenvalue weighted by Crippen LogP contribution is 2.34. The maximum atomic E-state index is 9.98. The third-order valence-corrected chi connectivity index (χ3v) is 3.57. The van der Waals surface area contributed by atoms with Crippen LogP contribution in [0.2, 0.25) is 0 Å². The molecule has 1 aliphatic carbocycles. The van der Waals surface area contributed by atoms with Crippen molar-refractivity contribution in [3.8, 4) is 5.75 Å². The van der Waals surface area contributed by atoms with Crippen LogP contribution in [0.1, 0.15) is 48.9 Å². The summed E-state index contributed by atoms with van der Waals surface area (Å²) in [6, 6.07) is 1.99. The van der Waals surface area contributed by atoms with Crippen molar-refractivity contribution >= 4 is 0 Å². The van der Waals surface area contributed by atoms with Crippen molar-refractivity contribution in [3.05, 3.63) is 28.3 Å². The van der Waals surface area contributed by atoms with E-state index in [1.165, 1.54) is 42.4 Å². The summed E-state index contributed by atoms with van der Waals surface area (Å²) in [7, 11) is 0. The molecule has 0 saturated heterocycles. The topological polar surface area (TPSA) is 20.2 Å². The summed E-state index contributed by atoms with van der Waals surface area (Å²) in [5.41, 5.74) is 5.56. The zero-order valence-corrected chi connectivity index (χ0v) is 9.77. The van der Waals surface area contributed by atoms with Gasteiger partial charge in [-0.05, 0) is 66.8 Å². The number of aryl methyl sites for hydroxylation is 1. The lowest BCUT2D eigenvalue weighted by molar-refractivity contribution is 0.465. The fourth-order valence-corrected chi connectivity index (χ4v) is 2.80. The first kappa shape index (κ1) is 10.5. The van der Waals surface area contributed by atoms with E-state index in [9.17, 15) is 5.11 Å². The highest BCUT2D eigenvalue weighted by molar-refractivity contribution is 5.50. The van der Waals surface area contributed by atoms with Crippen LogP contribution in [-0.4, -0.2) is 5.11 Å². The van der Waals surface area contributed by atoms with Crippen molar-refractivity contribution in [2.45, 2.75) is 52.4 Å². The second-order valence-corrected chi connectivity index (χ2v) is 4.40. The summed E-state index contributed by atoms with van der Waals surface area (Å²) in [6.07, 6.45) is 6.98. The van der Waals surface area contributed by atoms with Gasteiger partial charge in [0, 0.05) is 0 Å². The number of phenols is 1. The Bertz CT molecular complexity index is 366. The quantitative estimate of drug-likeness (QED) is 0.783. The Kier molecular flexibility index (Phi) is 2.99. The van der Waals surface area contributed by atoms with Crippen LogP contribution in [0.5, 0.6) is 5.75 Å². The number of aromatic hydroxyl groups is 1. The number of hydrogen-bond acceptors (Lipinski definition) is 1. The highest BCUT2D eigenvalue weighted by atomic mass is 16.3. The number of fused-ring (bicyclic) bond motifs is 1. The molecule has 82 valence electrons. The molecular weight excluding hydrogens is 184 g/mol. The Labute approximate surface area is 92.1 Å². The molecule has 2 rings (SSSR count). The number of phenolic OH excluding ortho intramolecular Hbond substituents is 1. The maximum Gasteiger partial charge on any atom is 0.119 e. The van der Waals surface area contributed by atoms with Crippen LogP contribution in [0, 0.1) is 0 Å². The van der Waals surface area contributed by atoms with Gasteiger partial charge >= 0.3 is 0 Å². The van der Waals surface area contributed by atoms with Crippen molar-refractivity contribution in [2.75, 3.05) is 0 Å². The Hall–Kier alpha value is -0.980. The van der Waals surface area contributed by atoms with Gasteiger partial charge in [-0.25, -0.2) is 0 Å². The van der Waals surface area contributed by atoms with Gasteiger partial charge < -0.3 is 5.11 Å². The summed E-state index contributed by atoms with van der Waals surface area (Å²) in [5, 5.41) is 9.98. The first-order chi connectivity index (χ1) is 7.27. The van der Waals surface area contributed by atoms with Crippen LogP contribution in [0.4, 0.5) is 0 Å². The molecule has 1 heteroatoms. The van der Waals surface area contributed by atoms with Crippen LogP contribution in [-0.2, 0) is 25.7 Å². The van der Waals surface area contributed by atoms with E-state index in [-0.39, 0.29) is 0 Å². The fraction of sp³-hybridized carbons (Fsp3) is 0.571. The van der Waals surface area contributed by atoms with Crippen LogP contribution in [0.25, 0.3) is 0 Å². The van der Waals surface area contributed by atoms with E-state index in [0.717, 1.165) is 12.8 Å². The van der Waals surface area contributed by atoms with Gasteiger partial charge in [-0.3, -0.25) is 0 Å². The molecule has 1 nitrogen and oxygen atoms in total. The minimum absolute atomic E-state index is 0.523. The van der Waals surface area contributed by atoms with Crippen molar-refractivity contribution in [1.82, 2.24) is 0 Å². The molecule has 1 aliphatic rings. The normalized spacial score (nSPS) is 15.1. The molecule has 1 N–H and O–H groups in total.